The highest BCUT2D eigenvalue weighted by Crippen LogP contribution is 2.44. The molecule has 4 nitrogen and oxygen atoms in total. The van der Waals surface area contributed by atoms with E-state index in [0.717, 1.165) is 90.3 Å². The molecule has 9 aromatic carbocycles. The van der Waals surface area contributed by atoms with Gasteiger partial charge >= 0.3 is 0 Å². The quantitative estimate of drug-likeness (QED) is 0.168. The number of aromatic nitrogens is 1. The van der Waals surface area contributed by atoms with E-state index in [4.69, 9.17) is 8.83 Å². The smallest absolute Gasteiger partial charge is 0.143 e. The van der Waals surface area contributed by atoms with Gasteiger partial charge in [-0.05, 0) is 108 Å². The topological polar surface area (TPSA) is 34.5 Å². The van der Waals surface area contributed by atoms with Gasteiger partial charge in [0.1, 0.15) is 22.3 Å². The van der Waals surface area contributed by atoms with Crippen LogP contribution in [-0.4, -0.2) is 4.57 Å². The van der Waals surface area contributed by atoms with Gasteiger partial charge in [-0.3, -0.25) is 0 Å². The lowest BCUT2D eigenvalue weighted by atomic mass is 9.98. The van der Waals surface area contributed by atoms with E-state index in [1.165, 1.54) is 44.4 Å². The lowest BCUT2D eigenvalue weighted by Crippen LogP contribution is -2.10. The molecule has 0 fully saturated rings. The molecule has 0 radical (unpaired) electrons. The average molecular weight is 795 g/mol. The number of furan rings is 2. The van der Waals surface area contributed by atoms with E-state index in [9.17, 15) is 0 Å². The molecular formula is C58H38N2O2. The van der Waals surface area contributed by atoms with Crippen molar-refractivity contribution in [3.05, 3.63) is 211 Å². The van der Waals surface area contributed by atoms with Crippen LogP contribution in [0.4, 0.5) is 17.1 Å². The number of anilines is 3. The first-order valence-corrected chi connectivity index (χ1v) is 21.4. The number of benzene rings is 9. The third-order valence-electron chi connectivity index (χ3n) is 12.9. The maximum Gasteiger partial charge on any atom is 0.143 e. The molecule has 3 heterocycles. The molecule has 0 N–H and O–H groups in total. The first-order valence-electron chi connectivity index (χ1n) is 21.4. The summed E-state index contributed by atoms with van der Waals surface area (Å²) in [5.74, 6) is 0. The van der Waals surface area contributed by atoms with Crippen LogP contribution >= 0.6 is 0 Å². The molecular weight excluding hydrogens is 757 g/mol. The van der Waals surface area contributed by atoms with Gasteiger partial charge in [0.2, 0.25) is 0 Å². The van der Waals surface area contributed by atoms with E-state index in [1.807, 2.05) is 12.1 Å². The van der Waals surface area contributed by atoms with Crippen LogP contribution in [0.25, 0.3) is 99.6 Å². The Morgan fingerprint density at radius 1 is 0.452 bits per heavy atom. The summed E-state index contributed by atoms with van der Waals surface area (Å²) in [7, 11) is 0. The summed E-state index contributed by atoms with van der Waals surface area (Å²) in [5, 5.41) is 8.07. The summed E-state index contributed by atoms with van der Waals surface area (Å²) < 4.78 is 15.3. The van der Waals surface area contributed by atoms with Gasteiger partial charge in [-0.15, -0.1) is 0 Å². The molecule has 13 rings (SSSR count). The molecule has 12 aromatic rings. The van der Waals surface area contributed by atoms with E-state index in [2.05, 4.69) is 204 Å². The molecule has 0 amide bonds. The Kier molecular flexibility index (Phi) is 7.70. The van der Waals surface area contributed by atoms with Crippen LogP contribution in [0.5, 0.6) is 0 Å². The molecule has 0 spiro atoms. The Bertz CT molecular complexity index is 3750. The summed E-state index contributed by atoms with van der Waals surface area (Å²) in [6.07, 6.45) is 6.67. The summed E-state index contributed by atoms with van der Waals surface area (Å²) in [4.78, 5) is 2.35. The van der Waals surface area contributed by atoms with Gasteiger partial charge in [-0.1, -0.05) is 133 Å². The van der Waals surface area contributed by atoms with Crippen molar-refractivity contribution in [1.82, 2.24) is 4.57 Å². The fraction of sp³-hybridized carbons (Fsp3) is 0.0345. The Morgan fingerprint density at radius 2 is 1.11 bits per heavy atom. The third kappa shape index (κ3) is 5.33. The minimum Gasteiger partial charge on any atom is -0.456 e. The maximum absolute atomic E-state index is 6.56. The molecule has 1 aliphatic carbocycles. The highest BCUT2D eigenvalue weighted by Gasteiger charge is 2.22. The van der Waals surface area contributed by atoms with Crippen LogP contribution in [0.2, 0.25) is 0 Å². The van der Waals surface area contributed by atoms with Gasteiger partial charge in [0.25, 0.3) is 0 Å². The standard InChI is InChI=1S/C58H38N2O2/c1-2-14-45-37(12-1)28-34-49-57-44(18-11-23-56(57)62-58(45)49)39-26-31-41(32-27-39)59(42-33-35-55-50(36-42)48-17-6-10-22-54(48)61-55)40-29-24-38(25-30-40)43-13-3-7-19-51(43)60-52-20-8-4-15-46(52)47-16-5-9-21-53(47)60/h1-8,10-20,22-36H,9,21H2. The Labute approximate surface area is 357 Å². The lowest BCUT2D eigenvalue weighted by Gasteiger charge is -2.26. The molecule has 3 aromatic heterocycles. The molecule has 1 aliphatic rings. The first-order chi connectivity index (χ1) is 30.7. The third-order valence-corrected chi connectivity index (χ3v) is 12.9. The number of para-hydroxylation sites is 3. The van der Waals surface area contributed by atoms with Crippen molar-refractivity contribution < 1.29 is 8.83 Å². The van der Waals surface area contributed by atoms with Gasteiger partial charge in [0.15, 0.2) is 0 Å². The van der Waals surface area contributed by atoms with Crippen molar-refractivity contribution >= 4 is 88.7 Å². The molecule has 0 unspecified atom stereocenters. The molecule has 292 valence electrons. The maximum atomic E-state index is 6.56. The average Bonchev–Trinajstić information content (AvgIpc) is 4.02. The summed E-state index contributed by atoms with van der Waals surface area (Å²) >= 11 is 0. The summed E-state index contributed by atoms with van der Waals surface area (Å²) in [6.45, 7) is 0. The van der Waals surface area contributed by atoms with E-state index >= 15 is 0 Å². The monoisotopic (exact) mass is 794 g/mol. The largest absolute Gasteiger partial charge is 0.456 e. The van der Waals surface area contributed by atoms with Crippen LogP contribution in [0.15, 0.2) is 209 Å². The van der Waals surface area contributed by atoms with E-state index < -0.39 is 0 Å². The fourth-order valence-corrected chi connectivity index (χ4v) is 10.0. The van der Waals surface area contributed by atoms with E-state index in [-0.39, 0.29) is 0 Å². The predicted molar refractivity (Wildman–Crippen MR) is 258 cm³/mol. The fourth-order valence-electron chi connectivity index (χ4n) is 10.0. The SMILES string of the molecule is C1=Cc2c(n(-c3ccccc3-c3ccc(N(c4ccc(-c5cccc6oc7c8ccccc8ccc7c56)cc4)c4ccc5oc6ccccc6c5c4)cc3)c3ccccc23)CC1. The highest BCUT2D eigenvalue weighted by molar-refractivity contribution is 6.19. The van der Waals surface area contributed by atoms with Crippen LogP contribution in [0.1, 0.15) is 17.7 Å². The lowest BCUT2D eigenvalue weighted by molar-refractivity contribution is 0.669. The molecule has 4 heteroatoms. The highest BCUT2D eigenvalue weighted by atomic mass is 16.3. The van der Waals surface area contributed by atoms with Gasteiger partial charge < -0.3 is 18.3 Å². The van der Waals surface area contributed by atoms with E-state index in [1.54, 1.807) is 0 Å². The molecule has 0 saturated carbocycles. The molecule has 0 saturated heterocycles. The number of allylic oxidation sites excluding steroid dienone is 1. The number of rotatable bonds is 6. The minimum absolute atomic E-state index is 0.876. The molecule has 0 aliphatic heterocycles. The van der Waals surface area contributed by atoms with Crippen molar-refractivity contribution in [2.75, 3.05) is 4.90 Å². The normalized spacial score (nSPS) is 12.6. The van der Waals surface area contributed by atoms with Crippen molar-refractivity contribution in [3.8, 4) is 27.9 Å². The van der Waals surface area contributed by atoms with Gasteiger partial charge in [-0.2, -0.15) is 0 Å². The van der Waals surface area contributed by atoms with Crippen molar-refractivity contribution in [1.29, 1.82) is 0 Å². The number of hydrogen-bond acceptors (Lipinski definition) is 3. The van der Waals surface area contributed by atoms with Gasteiger partial charge in [-0.25, -0.2) is 0 Å². The zero-order chi connectivity index (χ0) is 40.7. The minimum atomic E-state index is 0.876. The number of fused-ring (bicyclic) bond motifs is 11. The second-order valence-electron chi connectivity index (χ2n) is 16.3. The first kappa shape index (κ1) is 34.8. The van der Waals surface area contributed by atoms with Gasteiger partial charge in [0.05, 0.1) is 11.2 Å². The Morgan fingerprint density at radius 3 is 1.97 bits per heavy atom. The zero-order valence-corrected chi connectivity index (χ0v) is 33.8. The molecule has 62 heavy (non-hydrogen) atoms. The van der Waals surface area contributed by atoms with E-state index in [0.29, 0.717) is 0 Å². The van der Waals surface area contributed by atoms with Crippen molar-refractivity contribution in [2.45, 2.75) is 12.8 Å². The zero-order valence-electron chi connectivity index (χ0n) is 33.8. The van der Waals surface area contributed by atoms with Crippen LogP contribution in [-0.2, 0) is 6.42 Å². The Balaban J connectivity index is 0.936. The summed E-state index contributed by atoms with van der Waals surface area (Å²) in [5.41, 5.74) is 16.6. The second-order valence-corrected chi connectivity index (χ2v) is 16.3. The van der Waals surface area contributed by atoms with Crippen molar-refractivity contribution in [2.24, 2.45) is 0 Å². The van der Waals surface area contributed by atoms with Gasteiger partial charge in [0, 0.05) is 66.2 Å². The number of nitrogens with zero attached hydrogens (tertiary/aromatic N) is 2. The van der Waals surface area contributed by atoms with Crippen LogP contribution < -0.4 is 4.90 Å². The molecule has 0 atom stereocenters. The number of hydrogen-bond donors (Lipinski definition) is 0. The Hall–Kier alpha value is -8.08. The van der Waals surface area contributed by atoms with Crippen molar-refractivity contribution in [3.63, 3.8) is 0 Å². The van der Waals surface area contributed by atoms with Crippen LogP contribution in [0, 0.1) is 0 Å². The molecule has 0 bridgehead atoms. The van der Waals surface area contributed by atoms with Crippen LogP contribution in [0.3, 0.4) is 0 Å². The summed E-state index contributed by atoms with van der Waals surface area (Å²) in [6, 6.07) is 69.7. The second kappa shape index (κ2) is 13.7. The predicted octanol–water partition coefficient (Wildman–Crippen LogP) is 16.3.